The van der Waals surface area contributed by atoms with Crippen molar-refractivity contribution < 1.29 is 14.0 Å². The zero-order valence-electron chi connectivity index (χ0n) is 14.7. The summed E-state index contributed by atoms with van der Waals surface area (Å²) in [5.41, 5.74) is 1.61. The highest BCUT2D eigenvalue weighted by molar-refractivity contribution is 6.08. The molecule has 0 aliphatic rings. The van der Waals surface area contributed by atoms with E-state index in [0.717, 1.165) is 27.3 Å². The van der Waals surface area contributed by atoms with Gasteiger partial charge in [0, 0.05) is 24.0 Å². The van der Waals surface area contributed by atoms with Crippen LogP contribution in [0.4, 0.5) is 0 Å². The molecule has 5 heteroatoms. The average molecular weight is 338 g/mol. The highest BCUT2D eigenvalue weighted by Gasteiger charge is 2.17. The SMILES string of the molecule is CC(C)NC(=O)CN(C)C(=O)Cc1coc2ccc3ccccc3c12. The molecule has 0 bridgehead atoms. The fourth-order valence-electron chi connectivity index (χ4n) is 2.97. The van der Waals surface area contributed by atoms with Crippen molar-refractivity contribution >= 4 is 33.6 Å². The van der Waals surface area contributed by atoms with Crippen LogP contribution in [0.25, 0.3) is 21.7 Å². The van der Waals surface area contributed by atoms with Gasteiger partial charge in [-0.15, -0.1) is 0 Å². The Hall–Kier alpha value is -2.82. The summed E-state index contributed by atoms with van der Waals surface area (Å²) in [6.07, 6.45) is 1.84. The van der Waals surface area contributed by atoms with Gasteiger partial charge in [0.05, 0.1) is 19.2 Å². The number of fused-ring (bicyclic) bond motifs is 3. The van der Waals surface area contributed by atoms with E-state index in [1.807, 2.05) is 50.2 Å². The van der Waals surface area contributed by atoms with E-state index in [1.165, 1.54) is 4.90 Å². The first-order chi connectivity index (χ1) is 12.0. The summed E-state index contributed by atoms with van der Waals surface area (Å²) in [6.45, 7) is 3.83. The fourth-order valence-corrected chi connectivity index (χ4v) is 2.97. The third-order valence-corrected chi connectivity index (χ3v) is 4.14. The van der Waals surface area contributed by atoms with Crippen molar-refractivity contribution in [2.75, 3.05) is 13.6 Å². The van der Waals surface area contributed by atoms with Gasteiger partial charge in [-0.3, -0.25) is 9.59 Å². The van der Waals surface area contributed by atoms with E-state index in [2.05, 4.69) is 5.32 Å². The lowest BCUT2D eigenvalue weighted by atomic mass is 10.0. The molecule has 0 saturated carbocycles. The molecule has 0 radical (unpaired) electrons. The molecule has 3 rings (SSSR count). The lowest BCUT2D eigenvalue weighted by Crippen LogP contribution is -2.41. The molecular weight excluding hydrogens is 316 g/mol. The summed E-state index contributed by atoms with van der Waals surface area (Å²) in [5.74, 6) is -0.275. The van der Waals surface area contributed by atoms with Gasteiger partial charge in [0.1, 0.15) is 5.58 Å². The Balaban J connectivity index is 1.82. The van der Waals surface area contributed by atoms with Crippen molar-refractivity contribution in [2.45, 2.75) is 26.3 Å². The van der Waals surface area contributed by atoms with Crippen molar-refractivity contribution in [3.8, 4) is 0 Å². The first kappa shape index (κ1) is 17.0. The number of likely N-dealkylation sites (N-methyl/N-ethyl adjacent to an activating group) is 1. The second-order valence-electron chi connectivity index (χ2n) is 6.57. The molecule has 3 aromatic rings. The van der Waals surface area contributed by atoms with E-state index < -0.39 is 0 Å². The standard InChI is InChI=1S/C20H22N2O3/c1-13(2)21-18(23)11-22(3)19(24)10-15-12-25-17-9-8-14-6-4-5-7-16(14)20(15)17/h4-9,12-13H,10-11H2,1-3H3,(H,21,23). The number of nitrogens with zero attached hydrogens (tertiary/aromatic N) is 1. The molecule has 1 aromatic heterocycles. The van der Waals surface area contributed by atoms with Crippen LogP contribution < -0.4 is 5.32 Å². The number of nitrogens with one attached hydrogen (secondary N) is 1. The fraction of sp³-hybridized carbons (Fsp3) is 0.300. The Morgan fingerprint density at radius 1 is 1.16 bits per heavy atom. The smallest absolute Gasteiger partial charge is 0.239 e. The summed E-state index contributed by atoms with van der Waals surface area (Å²) in [5, 5.41) is 5.93. The molecule has 0 saturated heterocycles. The molecule has 0 fully saturated rings. The predicted octanol–water partition coefficient (Wildman–Crippen LogP) is 3.11. The number of carbonyl (C=O) groups excluding carboxylic acids is 2. The third-order valence-electron chi connectivity index (χ3n) is 4.14. The molecule has 0 unspecified atom stereocenters. The van der Waals surface area contributed by atoms with Crippen LogP contribution in [0.3, 0.4) is 0 Å². The first-order valence-electron chi connectivity index (χ1n) is 8.37. The second-order valence-corrected chi connectivity index (χ2v) is 6.57. The number of amides is 2. The lowest BCUT2D eigenvalue weighted by molar-refractivity contribution is -0.134. The molecule has 130 valence electrons. The van der Waals surface area contributed by atoms with Crippen LogP contribution in [0, 0.1) is 0 Å². The van der Waals surface area contributed by atoms with Gasteiger partial charge in [-0.25, -0.2) is 0 Å². The largest absolute Gasteiger partial charge is 0.464 e. The number of carbonyl (C=O) groups is 2. The number of benzene rings is 2. The molecule has 0 atom stereocenters. The van der Waals surface area contributed by atoms with Crippen LogP contribution in [0.5, 0.6) is 0 Å². The number of hydrogen-bond donors (Lipinski definition) is 1. The first-order valence-corrected chi connectivity index (χ1v) is 8.37. The maximum Gasteiger partial charge on any atom is 0.239 e. The van der Waals surface area contributed by atoms with Crippen LogP contribution in [-0.2, 0) is 16.0 Å². The van der Waals surface area contributed by atoms with Gasteiger partial charge in [-0.2, -0.15) is 0 Å². The highest BCUT2D eigenvalue weighted by Crippen LogP contribution is 2.30. The monoisotopic (exact) mass is 338 g/mol. The van der Waals surface area contributed by atoms with Crippen LogP contribution in [0.15, 0.2) is 47.1 Å². The van der Waals surface area contributed by atoms with Gasteiger partial charge in [0.2, 0.25) is 11.8 Å². The minimum atomic E-state index is -0.159. The van der Waals surface area contributed by atoms with Gasteiger partial charge in [-0.05, 0) is 30.7 Å². The van der Waals surface area contributed by atoms with Crippen molar-refractivity contribution in [1.29, 1.82) is 0 Å². The predicted molar refractivity (Wildman–Crippen MR) is 98.3 cm³/mol. The summed E-state index contributed by atoms with van der Waals surface area (Å²) in [6, 6.07) is 12.0. The summed E-state index contributed by atoms with van der Waals surface area (Å²) >= 11 is 0. The molecule has 2 amide bonds. The van der Waals surface area contributed by atoms with Crippen LogP contribution in [-0.4, -0.2) is 36.3 Å². The number of furan rings is 1. The quantitative estimate of drug-likeness (QED) is 0.777. The van der Waals surface area contributed by atoms with Crippen molar-refractivity contribution in [3.05, 3.63) is 48.2 Å². The Bertz CT molecular complexity index is 927. The maximum atomic E-state index is 12.5. The second kappa shape index (κ2) is 6.97. The van der Waals surface area contributed by atoms with E-state index in [1.54, 1.807) is 13.3 Å². The molecule has 5 nitrogen and oxygen atoms in total. The third kappa shape index (κ3) is 3.65. The van der Waals surface area contributed by atoms with Crippen molar-refractivity contribution in [3.63, 3.8) is 0 Å². The van der Waals surface area contributed by atoms with Crippen LogP contribution in [0.2, 0.25) is 0 Å². The molecule has 0 aliphatic carbocycles. The Morgan fingerprint density at radius 3 is 2.68 bits per heavy atom. The normalized spacial score (nSPS) is 11.2. The number of hydrogen-bond acceptors (Lipinski definition) is 3. The maximum absolute atomic E-state index is 12.5. The summed E-state index contributed by atoms with van der Waals surface area (Å²) in [4.78, 5) is 25.8. The van der Waals surface area contributed by atoms with E-state index >= 15 is 0 Å². The van der Waals surface area contributed by atoms with Gasteiger partial charge in [0.25, 0.3) is 0 Å². The Morgan fingerprint density at radius 2 is 1.92 bits per heavy atom. The van der Waals surface area contributed by atoms with E-state index in [0.29, 0.717) is 0 Å². The Kier molecular flexibility index (Phi) is 4.74. The summed E-state index contributed by atoms with van der Waals surface area (Å²) < 4.78 is 5.62. The topological polar surface area (TPSA) is 62.6 Å². The molecular formula is C20H22N2O3. The highest BCUT2D eigenvalue weighted by atomic mass is 16.3. The summed E-state index contributed by atoms with van der Waals surface area (Å²) in [7, 11) is 1.64. The molecule has 2 aromatic carbocycles. The Labute approximate surface area is 146 Å². The zero-order chi connectivity index (χ0) is 18.0. The van der Waals surface area contributed by atoms with Gasteiger partial charge >= 0.3 is 0 Å². The molecule has 1 heterocycles. The number of rotatable bonds is 5. The molecule has 25 heavy (non-hydrogen) atoms. The van der Waals surface area contributed by atoms with Gasteiger partial charge in [-0.1, -0.05) is 30.3 Å². The van der Waals surface area contributed by atoms with Gasteiger partial charge < -0.3 is 14.6 Å². The minimum Gasteiger partial charge on any atom is -0.464 e. The van der Waals surface area contributed by atoms with E-state index in [9.17, 15) is 9.59 Å². The average Bonchev–Trinajstić information content (AvgIpc) is 2.97. The van der Waals surface area contributed by atoms with Crippen LogP contribution >= 0.6 is 0 Å². The molecule has 1 N–H and O–H groups in total. The van der Waals surface area contributed by atoms with E-state index in [4.69, 9.17) is 4.42 Å². The molecule has 0 spiro atoms. The lowest BCUT2D eigenvalue weighted by Gasteiger charge is -2.17. The van der Waals surface area contributed by atoms with Crippen LogP contribution in [0.1, 0.15) is 19.4 Å². The van der Waals surface area contributed by atoms with Crippen molar-refractivity contribution in [2.24, 2.45) is 0 Å². The van der Waals surface area contributed by atoms with Gasteiger partial charge in [0.15, 0.2) is 0 Å². The minimum absolute atomic E-state index is 0.0492. The van der Waals surface area contributed by atoms with Crippen molar-refractivity contribution in [1.82, 2.24) is 10.2 Å². The van der Waals surface area contributed by atoms with E-state index in [-0.39, 0.29) is 30.8 Å². The zero-order valence-corrected chi connectivity index (χ0v) is 14.7. The molecule has 0 aliphatic heterocycles.